The van der Waals surface area contributed by atoms with Gasteiger partial charge in [-0.3, -0.25) is 0 Å². The lowest BCUT2D eigenvalue weighted by atomic mass is 10.2. The summed E-state index contributed by atoms with van der Waals surface area (Å²) in [4.78, 5) is 0.0594. The second-order valence-corrected chi connectivity index (χ2v) is 6.77. The number of nitrogens with one attached hydrogen (secondary N) is 2. The first-order chi connectivity index (χ1) is 8.83. The van der Waals surface area contributed by atoms with Gasteiger partial charge in [0.1, 0.15) is 4.90 Å². The van der Waals surface area contributed by atoms with Gasteiger partial charge in [-0.25, -0.2) is 13.1 Å². The molecule has 1 aromatic carbocycles. The van der Waals surface area contributed by atoms with Crippen molar-refractivity contribution < 1.29 is 8.42 Å². The summed E-state index contributed by atoms with van der Waals surface area (Å²) >= 11 is 12.2. The zero-order chi connectivity index (χ0) is 14.6. The van der Waals surface area contributed by atoms with E-state index in [4.69, 9.17) is 23.2 Å². The highest BCUT2D eigenvalue weighted by Gasteiger charge is 2.22. The van der Waals surface area contributed by atoms with Crippen molar-refractivity contribution in [3.05, 3.63) is 27.7 Å². The maximum Gasteiger partial charge on any atom is 0.242 e. The van der Waals surface area contributed by atoms with Gasteiger partial charge in [0.2, 0.25) is 10.0 Å². The fourth-order valence-electron chi connectivity index (χ4n) is 1.53. The molecule has 19 heavy (non-hydrogen) atoms. The molecule has 2 N–H and O–H groups in total. The van der Waals surface area contributed by atoms with Crippen molar-refractivity contribution in [2.75, 3.05) is 7.05 Å². The smallest absolute Gasteiger partial charge is 0.242 e. The molecule has 0 aromatic heterocycles. The van der Waals surface area contributed by atoms with Crippen molar-refractivity contribution in [2.45, 2.75) is 37.8 Å². The maximum atomic E-state index is 12.2. The van der Waals surface area contributed by atoms with Crippen molar-refractivity contribution in [3.63, 3.8) is 0 Å². The molecule has 1 unspecified atom stereocenters. The van der Waals surface area contributed by atoms with Crippen molar-refractivity contribution in [1.29, 1.82) is 0 Å². The van der Waals surface area contributed by atoms with Crippen LogP contribution < -0.4 is 10.0 Å². The van der Waals surface area contributed by atoms with Gasteiger partial charge in [0.15, 0.2) is 0 Å². The molecule has 0 fully saturated rings. The number of hydrogen-bond acceptors (Lipinski definition) is 3. The van der Waals surface area contributed by atoms with E-state index in [9.17, 15) is 8.42 Å². The van der Waals surface area contributed by atoms with E-state index in [1.54, 1.807) is 20.0 Å². The SMILES string of the molecule is CCC(C)NS(=O)(=O)c1ccc(Cl)c(CNC)c1Cl. The first kappa shape index (κ1) is 16.7. The number of benzene rings is 1. The number of hydrogen-bond donors (Lipinski definition) is 2. The molecule has 0 aliphatic carbocycles. The lowest BCUT2D eigenvalue weighted by molar-refractivity contribution is 0.555. The molecule has 1 atom stereocenters. The van der Waals surface area contributed by atoms with E-state index >= 15 is 0 Å². The van der Waals surface area contributed by atoms with Gasteiger partial charge >= 0.3 is 0 Å². The third-order valence-corrected chi connectivity index (χ3v) is 5.29. The van der Waals surface area contributed by atoms with E-state index in [1.165, 1.54) is 6.07 Å². The second kappa shape index (κ2) is 6.90. The first-order valence-corrected chi connectivity index (χ1v) is 8.21. The van der Waals surface area contributed by atoms with Crippen LogP contribution in [0.2, 0.25) is 10.0 Å². The van der Waals surface area contributed by atoms with Crippen LogP contribution in [0, 0.1) is 0 Å². The van der Waals surface area contributed by atoms with Crippen molar-refractivity contribution in [1.82, 2.24) is 10.0 Å². The predicted molar refractivity (Wildman–Crippen MR) is 79.3 cm³/mol. The molecule has 1 aromatic rings. The normalized spacial score (nSPS) is 13.5. The Kier molecular flexibility index (Phi) is 6.08. The monoisotopic (exact) mass is 324 g/mol. The molecule has 4 nitrogen and oxygen atoms in total. The zero-order valence-electron chi connectivity index (χ0n) is 11.1. The maximum absolute atomic E-state index is 12.2. The van der Waals surface area contributed by atoms with Gasteiger partial charge in [0.25, 0.3) is 0 Å². The Bertz CT molecular complexity index is 547. The predicted octanol–water partition coefficient (Wildman–Crippen LogP) is 2.79. The van der Waals surface area contributed by atoms with Gasteiger partial charge in [0, 0.05) is 23.2 Å². The van der Waals surface area contributed by atoms with Crippen molar-refractivity contribution in [3.8, 4) is 0 Å². The van der Waals surface area contributed by atoms with Crippen molar-refractivity contribution >= 4 is 33.2 Å². The lowest BCUT2D eigenvalue weighted by Gasteiger charge is -2.15. The van der Waals surface area contributed by atoms with Gasteiger partial charge < -0.3 is 5.32 Å². The van der Waals surface area contributed by atoms with E-state index in [1.807, 2.05) is 6.92 Å². The quantitative estimate of drug-likeness (QED) is 0.845. The van der Waals surface area contributed by atoms with Crippen LogP contribution in [-0.2, 0) is 16.6 Å². The Balaban J connectivity index is 3.24. The van der Waals surface area contributed by atoms with Gasteiger partial charge in [-0.1, -0.05) is 30.1 Å². The molecule has 0 bridgehead atoms. The average molecular weight is 325 g/mol. The lowest BCUT2D eigenvalue weighted by Crippen LogP contribution is -2.32. The summed E-state index contributed by atoms with van der Waals surface area (Å²) in [7, 11) is -1.89. The van der Waals surface area contributed by atoms with Crippen LogP contribution in [0.3, 0.4) is 0 Å². The molecule has 0 heterocycles. The fraction of sp³-hybridized carbons (Fsp3) is 0.500. The van der Waals surface area contributed by atoms with Crippen LogP contribution >= 0.6 is 23.2 Å². The topological polar surface area (TPSA) is 58.2 Å². The molecule has 108 valence electrons. The Morgan fingerprint density at radius 2 is 1.95 bits per heavy atom. The minimum atomic E-state index is -3.63. The van der Waals surface area contributed by atoms with Crippen molar-refractivity contribution in [2.24, 2.45) is 0 Å². The molecule has 0 aliphatic rings. The first-order valence-electron chi connectivity index (χ1n) is 5.97. The van der Waals surface area contributed by atoms with Crippen LogP contribution in [0.25, 0.3) is 0 Å². The summed E-state index contributed by atoms with van der Waals surface area (Å²) in [6.45, 7) is 4.11. The highest BCUT2D eigenvalue weighted by molar-refractivity contribution is 7.89. The standard InChI is InChI=1S/C12H18Cl2N2O2S/c1-4-8(2)16-19(17,18)11-6-5-10(13)9(7-15-3)12(11)14/h5-6,8,15-16H,4,7H2,1-3H3. The molecule has 0 amide bonds. The van der Waals surface area contributed by atoms with Crippen LogP contribution in [-0.4, -0.2) is 21.5 Å². The molecule has 7 heteroatoms. The van der Waals surface area contributed by atoms with Gasteiger partial charge in [-0.2, -0.15) is 0 Å². The zero-order valence-corrected chi connectivity index (χ0v) is 13.5. The molecule has 1 rings (SSSR count). The molecule has 0 radical (unpaired) electrons. The second-order valence-electron chi connectivity index (χ2n) is 4.30. The van der Waals surface area contributed by atoms with Gasteiger partial charge in [-0.15, -0.1) is 0 Å². The van der Waals surface area contributed by atoms with E-state index in [2.05, 4.69) is 10.0 Å². The van der Waals surface area contributed by atoms with E-state index in [0.717, 1.165) is 0 Å². The molecular weight excluding hydrogens is 307 g/mol. The van der Waals surface area contributed by atoms with E-state index in [-0.39, 0.29) is 16.0 Å². The van der Waals surface area contributed by atoms with Crippen LogP contribution in [0.5, 0.6) is 0 Å². The average Bonchev–Trinajstić information content (AvgIpc) is 2.33. The third kappa shape index (κ3) is 4.07. The molecule has 0 aliphatic heterocycles. The molecular formula is C12H18Cl2N2O2S. The van der Waals surface area contributed by atoms with Gasteiger partial charge in [0.05, 0.1) is 5.02 Å². The summed E-state index contributed by atoms with van der Waals surface area (Å²) in [6.07, 6.45) is 0.702. The van der Waals surface area contributed by atoms with Crippen LogP contribution in [0.4, 0.5) is 0 Å². The highest BCUT2D eigenvalue weighted by atomic mass is 35.5. The Hall–Kier alpha value is -0.330. The van der Waals surface area contributed by atoms with Gasteiger partial charge in [-0.05, 0) is 32.5 Å². The number of rotatable bonds is 6. The summed E-state index contributed by atoms with van der Waals surface area (Å²) in [6, 6.07) is 2.82. The minimum Gasteiger partial charge on any atom is -0.316 e. The summed E-state index contributed by atoms with van der Waals surface area (Å²) < 4.78 is 27.0. The third-order valence-electron chi connectivity index (χ3n) is 2.76. The summed E-state index contributed by atoms with van der Waals surface area (Å²) in [5, 5.41) is 3.52. The van der Waals surface area contributed by atoms with Crippen LogP contribution in [0.15, 0.2) is 17.0 Å². The molecule has 0 saturated heterocycles. The minimum absolute atomic E-state index is 0.0594. The highest BCUT2D eigenvalue weighted by Crippen LogP contribution is 2.31. The number of halogens is 2. The summed E-state index contributed by atoms with van der Waals surface area (Å²) in [5.74, 6) is 0. The fourth-order valence-corrected chi connectivity index (χ4v) is 3.77. The largest absolute Gasteiger partial charge is 0.316 e. The Morgan fingerprint density at radius 3 is 2.47 bits per heavy atom. The molecule has 0 spiro atoms. The van der Waals surface area contributed by atoms with Crippen LogP contribution in [0.1, 0.15) is 25.8 Å². The summed E-state index contributed by atoms with van der Waals surface area (Å²) in [5.41, 5.74) is 0.581. The van der Waals surface area contributed by atoms with E-state index in [0.29, 0.717) is 23.6 Å². The Morgan fingerprint density at radius 1 is 1.32 bits per heavy atom. The Labute approximate surface area is 124 Å². The molecule has 0 saturated carbocycles. The van der Waals surface area contributed by atoms with E-state index < -0.39 is 10.0 Å². The number of sulfonamides is 1.